The highest BCUT2D eigenvalue weighted by atomic mass is 19.4. The molecule has 1 aromatic rings. The van der Waals surface area contributed by atoms with Crippen molar-refractivity contribution in [3.63, 3.8) is 0 Å². The number of aliphatic hydroxyl groups excluding tert-OH is 1. The molecular formula is C63H103F3N10O12. The van der Waals surface area contributed by atoms with Crippen molar-refractivity contribution in [1.29, 1.82) is 0 Å². The van der Waals surface area contributed by atoms with E-state index in [4.69, 9.17) is 4.74 Å². The van der Waals surface area contributed by atoms with E-state index < -0.39 is 163 Å². The highest BCUT2D eigenvalue weighted by Gasteiger charge is 2.44. The van der Waals surface area contributed by atoms with Gasteiger partial charge in [0.2, 0.25) is 59.1 Å². The van der Waals surface area contributed by atoms with Crippen LogP contribution in [0, 0.1) is 23.7 Å². The fraction of sp³-hybridized carbons (Fsp3) is 0.746. The van der Waals surface area contributed by atoms with Crippen molar-refractivity contribution >= 4 is 59.1 Å². The van der Waals surface area contributed by atoms with E-state index in [0.29, 0.717) is 38.8 Å². The maximum absolute atomic E-state index is 15.3. The number of nitrogens with one attached hydrogen (secondary N) is 4. The first-order valence-electron chi connectivity index (χ1n) is 31.2. The predicted molar refractivity (Wildman–Crippen MR) is 326 cm³/mol. The van der Waals surface area contributed by atoms with E-state index in [9.17, 15) is 51.8 Å². The summed E-state index contributed by atoms with van der Waals surface area (Å²) in [6, 6.07) is -7.65. The Morgan fingerprint density at radius 3 is 1.61 bits per heavy atom. The summed E-state index contributed by atoms with van der Waals surface area (Å²) in [6.45, 7) is 22.0. The molecule has 0 unspecified atom stereocenters. The van der Waals surface area contributed by atoms with E-state index in [1.807, 2.05) is 13.8 Å². The number of likely N-dealkylation sites (tertiary alicyclic amines) is 1. The van der Waals surface area contributed by atoms with Gasteiger partial charge in [0, 0.05) is 54.2 Å². The van der Waals surface area contributed by atoms with Gasteiger partial charge >= 0.3 is 6.18 Å². The number of alkyl halides is 3. The maximum atomic E-state index is 15.3. The van der Waals surface area contributed by atoms with Gasteiger partial charge in [-0.3, -0.25) is 47.9 Å². The van der Waals surface area contributed by atoms with Gasteiger partial charge in [0.1, 0.15) is 48.3 Å². The molecule has 1 aromatic carbocycles. The number of ether oxygens (including phenoxy) is 1. The van der Waals surface area contributed by atoms with Gasteiger partial charge in [-0.25, -0.2) is 0 Å². The first kappa shape index (κ1) is 75.9. The summed E-state index contributed by atoms with van der Waals surface area (Å²) in [5.41, 5.74) is -1.65. The van der Waals surface area contributed by atoms with Gasteiger partial charge in [-0.05, 0) is 114 Å². The number of benzene rings is 1. The van der Waals surface area contributed by atoms with Crippen molar-refractivity contribution in [3.8, 4) is 0 Å². The lowest BCUT2D eigenvalue weighted by Gasteiger charge is -2.39. The number of hydrogen-bond acceptors (Lipinski definition) is 12. The quantitative estimate of drug-likeness (QED) is 0.153. The second kappa shape index (κ2) is 34.0. The number of nitrogens with zero attached hydrogens (tertiary/aromatic N) is 6. The van der Waals surface area contributed by atoms with E-state index >= 15 is 14.4 Å². The lowest BCUT2D eigenvalue weighted by Crippen LogP contribution is -2.63. The molecule has 0 aromatic heterocycles. The summed E-state index contributed by atoms with van der Waals surface area (Å²) in [7, 11) is 5.41. The van der Waals surface area contributed by atoms with Gasteiger partial charge in [-0.15, -0.1) is 0 Å². The fourth-order valence-corrected chi connectivity index (χ4v) is 10.9. The van der Waals surface area contributed by atoms with E-state index in [1.165, 1.54) is 40.0 Å². The lowest BCUT2D eigenvalue weighted by atomic mass is 9.94. The van der Waals surface area contributed by atoms with Gasteiger partial charge in [0.15, 0.2) is 0 Å². The van der Waals surface area contributed by atoms with Crippen LogP contribution in [-0.4, -0.2) is 215 Å². The number of hydrogen-bond donors (Lipinski definition) is 5. The number of piperidine rings is 1. The van der Waals surface area contributed by atoms with Crippen LogP contribution in [-0.2, 0) is 65.3 Å². The molecule has 0 saturated carbocycles. The van der Waals surface area contributed by atoms with E-state index in [1.54, 1.807) is 69.2 Å². The Hall–Kier alpha value is -6.37. The monoisotopic (exact) mass is 1250 g/mol. The molecule has 2 fully saturated rings. The molecule has 0 spiro atoms. The molecule has 10 amide bonds. The number of halogens is 3. The Morgan fingerprint density at radius 2 is 1.14 bits per heavy atom. The molecule has 88 heavy (non-hydrogen) atoms. The van der Waals surface area contributed by atoms with Crippen LogP contribution in [0.15, 0.2) is 24.3 Å². The van der Waals surface area contributed by atoms with E-state index in [2.05, 4.69) is 21.3 Å². The van der Waals surface area contributed by atoms with Gasteiger partial charge in [0.25, 0.3) is 0 Å². The van der Waals surface area contributed by atoms with Crippen molar-refractivity contribution in [2.24, 2.45) is 23.7 Å². The predicted octanol–water partition coefficient (Wildman–Crippen LogP) is 4.53. The molecule has 0 aliphatic carbocycles. The molecule has 25 heteroatoms. The first-order valence-corrected chi connectivity index (χ1v) is 31.2. The summed E-state index contributed by atoms with van der Waals surface area (Å²) in [5.74, 6) is -9.34. The lowest BCUT2D eigenvalue weighted by molar-refractivity contribution is -0.152. The molecule has 0 bridgehead atoms. The van der Waals surface area contributed by atoms with Crippen LogP contribution < -0.4 is 21.3 Å². The molecule has 22 nitrogen and oxygen atoms in total. The minimum Gasteiger partial charge on any atom is -0.391 e. The highest BCUT2D eigenvalue weighted by molar-refractivity contribution is 5.99. The van der Waals surface area contributed by atoms with Crippen LogP contribution in [0.3, 0.4) is 0 Å². The van der Waals surface area contributed by atoms with Crippen LogP contribution >= 0.6 is 0 Å². The van der Waals surface area contributed by atoms with Gasteiger partial charge in [0.05, 0.1) is 36.8 Å². The standard InChI is InChI=1S/C63H103F3N10O12/c1-18-27-76-35-51(79)72(15)48(31-38(5)6)56(82)69-46(36-88-62(11,12)13)54(80)67-45(59(85)75-28-21-20-22-29-75)34-50(78)71(14)47(30-37(3)4)55(81)68-44(33-42-23-25-43(26-24-42)63(64,65)66)58(84)73(16)49(32-39(7)8)60(86)74(17)53(40(9)19-2)57(83)70-52(41(10)77)61(76)87/h23-26,37-41,44-49,52-53,77H,18-22,27-36H2,1-17H3,(H,67,80)(H,68,81)(H,69,82)(H,70,83)/t40-,41+,44-,45-,46-,47-,48-,49-,52-,53-/m0/s1. The summed E-state index contributed by atoms with van der Waals surface area (Å²) in [6.07, 6.45) is -4.51. The number of carbonyl (C=O) groups excluding carboxylic acids is 10. The Bertz CT molecular complexity index is 2540. The Balaban J connectivity index is 2.43. The van der Waals surface area contributed by atoms with Crippen molar-refractivity contribution in [2.75, 3.05) is 61.0 Å². The van der Waals surface area contributed by atoms with Crippen LogP contribution in [0.2, 0.25) is 0 Å². The normalized spacial score (nSPS) is 25.0. The molecule has 2 heterocycles. The number of carbonyl (C=O) groups is 10. The maximum Gasteiger partial charge on any atom is 0.416 e. The zero-order chi connectivity index (χ0) is 66.9. The fourth-order valence-electron chi connectivity index (χ4n) is 10.9. The Kier molecular flexibility index (Phi) is 29.3. The zero-order valence-corrected chi connectivity index (χ0v) is 55.2. The van der Waals surface area contributed by atoms with E-state index in [-0.39, 0.29) is 49.1 Å². The average molecular weight is 1250 g/mol. The van der Waals surface area contributed by atoms with Crippen molar-refractivity contribution in [2.45, 2.75) is 220 Å². The summed E-state index contributed by atoms with van der Waals surface area (Å²) < 4.78 is 47.6. The van der Waals surface area contributed by atoms with Gasteiger partial charge in [-0.1, -0.05) is 80.9 Å². The topological polar surface area (TPSA) is 268 Å². The minimum atomic E-state index is -4.70. The van der Waals surface area contributed by atoms with Crippen molar-refractivity contribution in [1.82, 2.24) is 50.7 Å². The molecule has 10 atom stereocenters. The second-order valence-corrected chi connectivity index (χ2v) is 26.3. The second-order valence-electron chi connectivity index (χ2n) is 26.3. The van der Waals surface area contributed by atoms with Crippen molar-refractivity contribution in [3.05, 3.63) is 35.4 Å². The Morgan fingerprint density at radius 1 is 0.625 bits per heavy atom. The molecular weight excluding hydrogens is 1150 g/mol. The molecule has 2 aliphatic heterocycles. The van der Waals surface area contributed by atoms with Gasteiger partial charge in [-0.2, -0.15) is 13.2 Å². The highest BCUT2D eigenvalue weighted by Crippen LogP contribution is 2.30. The zero-order valence-electron chi connectivity index (χ0n) is 55.2. The molecule has 5 N–H and O–H groups in total. The third-order valence-corrected chi connectivity index (χ3v) is 16.2. The number of amides is 10. The van der Waals surface area contributed by atoms with Crippen LogP contribution in [0.5, 0.6) is 0 Å². The van der Waals surface area contributed by atoms with Crippen LogP contribution in [0.4, 0.5) is 13.2 Å². The van der Waals surface area contributed by atoms with Crippen LogP contribution in [0.1, 0.15) is 159 Å². The number of aliphatic hydroxyl groups is 1. The summed E-state index contributed by atoms with van der Waals surface area (Å²) >= 11 is 0. The minimum absolute atomic E-state index is 0.00852. The molecule has 3 rings (SSSR count). The average Bonchev–Trinajstić information content (AvgIpc) is 3.63. The smallest absolute Gasteiger partial charge is 0.391 e. The Labute approximate surface area is 519 Å². The van der Waals surface area contributed by atoms with Crippen molar-refractivity contribution < 1.29 is 71.0 Å². The van der Waals surface area contributed by atoms with Crippen LogP contribution in [0.25, 0.3) is 0 Å². The number of likely N-dealkylation sites (N-methyl/N-ethyl adjacent to an activating group) is 4. The first-order chi connectivity index (χ1) is 40.8. The molecule has 2 saturated heterocycles. The molecule has 498 valence electrons. The molecule has 2 aliphatic rings. The van der Waals surface area contributed by atoms with Gasteiger partial charge < -0.3 is 60.5 Å². The summed E-state index contributed by atoms with van der Waals surface area (Å²) in [5, 5.41) is 22.2. The largest absolute Gasteiger partial charge is 0.416 e. The number of rotatable bonds is 16. The third-order valence-electron chi connectivity index (χ3n) is 16.2. The summed E-state index contributed by atoms with van der Waals surface area (Å²) in [4.78, 5) is 156. The SMILES string of the molecule is CCCN1CC(=O)N(C)[C@@H](CC(C)C)C(=O)N[C@@H](COC(C)(C)C)C(=O)N[C@H](C(=O)N2CCCCC2)CC(=O)N(C)[C@@H](CC(C)C)C(=O)N[C@@H](Cc2ccc(C(F)(F)F)cc2)C(=O)N(C)[C@@H](CC(C)C)C(=O)N(C)[C@@H]([C@@H](C)CC)C(=O)N[C@@H]([C@@H](C)O)C1=O. The third kappa shape index (κ3) is 22.3. The van der Waals surface area contributed by atoms with E-state index in [0.717, 1.165) is 55.2 Å². The molecule has 0 radical (unpaired) electrons.